The van der Waals surface area contributed by atoms with Crippen LogP contribution in [0.3, 0.4) is 0 Å². The summed E-state index contributed by atoms with van der Waals surface area (Å²) in [5.74, 6) is -0.928. The number of aldehydes is 1. The molecule has 0 amide bonds. The number of carbonyl (C=O) groups is 2. The minimum atomic E-state index is -1.02. The van der Waals surface area contributed by atoms with E-state index in [1.54, 1.807) is 49.2 Å². The standard InChI is InChI=1S/C20H17FN4O4S/c1-12-22-19(24-29-12)13-3-4-14(10-26)17(9-13)23-20(30-11-18(27)28)25(2)16-7-5-15(21)6-8-16/h3-10H,11H2,1-2H3,(H,27,28). The summed E-state index contributed by atoms with van der Waals surface area (Å²) in [7, 11) is 1.67. The van der Waals surface area contributed by atoms with Gasteiger partial charge in [-0.25, -0.2) is 9.38 Å². The molecule has 3 aromatic rings. The van der Waals surface area contributed by atoms with Crippen LogP contribution in [-0.4, -0.2) is 45.5 Å². The zero-order valence-electron chi connectivity index (χ0n) is 16.1. The second-order valence-electron chi connectivity index (χ2n) is 6.14. The number of thioether (sulfide) groups is 1. The summed E-state index contributed by atoms with van der Waals surface area (Å²) >= 11 is 0.974. The Kier molecular flexibility index (Phi) is 6.58. The number of hydrogen-bond donors (Lipinski definition) is 1. The minimum Gasteiger partial charge on any atom is -0.481 e. The lowest BCUT2D eigenvalue weighted by atomic mass is 10.1. The first kappa shape index (κ1) is 21.2. The summed E-state index contributed by atoms with van der Waals surface area (Å²) in [5.41, 5.74) is 1.81. The van der Waals surface area contributed by atoms with E-state index in [0.29, 0.717) is 45.7 Å². The smallest absolute Gasteiger partial charge is 0.313 e. The summed E-state index contributed by atoms with van der Waals surface area (Å²) in [6.07, 6.45) is 0.654. The van der Waals surface area contributed by atoms with Gasteiger partial charge in [-0.1, -0.05) is 23.0 Å². The Morgan fingerprint density at radius 3 is 2.63 bits per heavy atom. The third-order valence-electron chi connectivity index (χ3n) is 3.98. The number of carboxylic acid groups (broad SMARTS) is 1. The molecule has 0 radical (unpaired) electrons. The van der Waals surface area contributed by atoms with Crippen LogP contribution < -0.4 is 4.90 Å². The molecule has 0 unspecified atom stereocenters. The summed E-state index contributed by atoms with van der Waals surface area (Å²) < 4.78 is 18.3. The minimum absolute atomic E-state index is 0.246. The zero-order valence-corrected chi connectivity index (χ0v) is 16.9. The third-order valence-corrected chi connectivity index (χ3v) is 5.00. The summed E-state index contributed by atoms with van der Waals surface area (Å²) in [5, 5.41) is 13.3. The van der Waals surface area contributed by atoms with E-state index in [2.05, 4.69) is 15.1 Å². The molecule has 1 aromatic heterocycles. The predicted octanol–water partition coefficient (Wildman–Crippen LogP) is 3.94. The van der Waals surface area contributed by atoms with Crippen molar-refractivity contribution < 1.29 is 23.6 Å². The molecule has 0 saturated heterocycles. The average molecular weight is 428 g/mol. The molecule has 0 aliphatic carbocycles. The topological polar surface area (TPSA) is 109 Å². The summed E-state index contributed by atoms with van der Waals surface area (Å²) in [6.45, 7) is 1.66. The molecule has 30 heavy (non-hydrogen) atoms. The van der Waals surface area contributed by atoms with Crippen LogP contribution in [0.4, 0.5) is 15.8 Å². The van der Waals surface area contributed by atoms with Crippen molar-refractivity contribution in [1.29, 1.82) is 0 Å². The number of nitrogens with zero attached hydrogens (tertiary/aromatic N) is 4. The van der Waals surface area contributed by atoms with Crippen molar-refractivity contribution >= 4 is 40.6 Å². The van der Waals surface area contributed by atoms with Gasteiger partial charge >= 0.3 is 5.97 Å². The van der Waals surface area contributed by atoms with Crippen LogP contribution in [0.5, 0.6) is 0 Å². The number of aliphatic imine (C=N–C) groups is 1. The molecule has 8 nitrogen and oxygen atoms in total. The lowest BCUT2D eigenvalue weighted by molar-refractivity contribution is -0.133. The first-order valence-corrected chi connectivity index (χ1v) is 9.68. The van der Waals surface area contributed by atoms with E-state index in [1.807, 2.05) is 0 Å². The largest absolute Gasteiger partial charge is 0.481 e. The first-order valence-electron chi connectivity index (χ1n) is 8.70. The number of hydrogen-bond acceptors (Lipinski definition) is 7. The second kappa shape index (κ2) is 9.31. The molecule has 10 heteroatoms. The monoisotopic (exact) mass is 428 g/mol. The maximum Gasteiger partial charge on any atom is 0.313 e. The number of aliphatic carboxylic acids is 1. The number of anilines is 1. The Morgan fingerprint density at radius 1 is 1.30 bits per heavy atom. The van der Waals surface area contributed by atoms with Gasteiger partial charge in [0.05, 0.1) is 11.4 Å². The van der Waals surface area contributed by atoms with Crippen LogP contribution in [0.2, 0.25) is 0 Å². The number of aromatic nitrogens is 2. The fraction of sp³-hybridized carbons (Fsp3) is 0.150. The number of benzene rings is 2. The zero-order chi connectivity index (χ0) is 21.7. The second-order valence-corrected chi connectivity index (χ2v) is 7.08. The lowest BCUT2D eigenvalue weighted by Gasteiger charge is -2.21. The highest BCUT2D eigenvalue weighted by molar-refractivity contribution is 8.14. The quantitative estimate of drug-likeness (QED) is 0.357. The van der Waals surface area contributed by atoms with Crippen molar-refractivity contribution in [3.8, 4) is 11.4 Å². The predicted molar refractivity (Wildman–Crippen MR) is 112 cm³/mol. The fourth-order valence-corrected chi connectivity index (χ4v) is 3.22. The molecule has 0 aliphatic heterocycles. The van der Waals surface area contributed by atoms with Crippen LogP contribution in [0, 0.1) is 12.7 Å². The number of amidine groups is 1. The van der Waals surface area contributed by atoms with Gasteiger partial charge < -0.3 is 14.5 Å². The molecule has 0 bridgehead atoms. The van der Waals surface area contributed by atoms with Gasteiger partial charge in [0.15, 0.2) is 11.5 Å². The van der Waals surface area contributed by atoms with E-state index in [4.69, 9.17) is 9.63 Å². The number of aryl methyl sites for hydroxylation is 1. The molecule has 1 heterocycles. The number of carboxylic acids is 1. The van der Waals surface area contributed by atoms with Gasteiger partial charge in [-0.3, -0.25) is 9.59 Å². The fourth-order valence-electron chi connectivity index (χ4n) is 2.50. The highest BCUT2D eigenvalue weighted by Gasteiger charge is 2.15. The first-order chi connectivity index (χ1) is 14.4. The Labute approximate surface area is 175 Å². The van der Waals surface area contributed by atoms with E-state index in [-0.39, 0.29) is 5.75 Å². The van der Waals surface area contributed by atoms with Gasteiger partial charge in [-0.2, -0.15) is 4.98 Å². The molecule has 154 valence electrons. The third kappa shape index (κ3) is 5.09. The van der Waals surface area contributed by atoms with E-state index in [0.717, 1.165) is 11.8 Å². The van der Waals surface area contributed by atoms with Crippen molar-refractivity contribution in [2.75, 3.05) is 17.7 Å². The van der Waals surface area contributed by atoms with Crippen molar-refractivity contribution in [1.82, 2.24) is 10.1 Å². The number of carbonyl (C=O) groups excluding carboxylic acids is 1. The van der Waals surface area contributed by atoms with Crippen LogP contribution in [-0.2, 0) is 4.79 Å². The van der Waals surface area contributed by atoms with Gasteiger partial charge in [0.2, 0.25) is 11.7 Å². The highest BCUT2D eigenvalue weighted by Crippen LogP contribution is 2.28. The Morgan fingerprint density at radius 2 is 2.03 bits per heavy atom. The molecule has 3 rings (SSSR count). The van der Waals surface area contributed by atoms with Gasteiger partial charge in [0.1, 0.15) is 5.82 Å². The lowest BCUT2D eigenvalue weighted by Crippen LogP contribution is -2.24. The van der Waals surface area contributed by atoms with E-state index >= 15 is 0 Å². The Hall–Kier alpha value is -3.53. The highest BCUT2D eigenvalue weighted by atomic mass is 32.2. The molecule has 0 atom stereocenters. The van der Waals surface area contributed by atoms with Gasteiger partial charge in [-0.05, 0) is 36.4 Å². The van der Waals surface area contributed by atoms with Crippen LogP contribution in [0.15, 0.2) is 52.0 Å². The molecule has 0 fully saturated rings. The van der Waals surface area contributed by atoms with Crippen molar-refractivity contribution in [2.24, 2.45) is 4.99 Å². The van der Waals surface area contributed by atoms with E-state index in [1.165, 1.54) is 12.1 Å². The van der Waals surface area contributed by atoms with Crippen molar-refractivity contribution in [3.05, 3.63) is 59.7 Å². The van der Waals surface area contributed by atoms with E-state index < -0.39 is 11.8 Å². The maximum absolute atomic E-state index is 13.3. The van der Waals surface area contributed by atoms with Crippen LogP contribution in [0.1, 0.15) is 16.2 Å². The molecule has 0 spiro atoms. The SMILES string of the molecule is Cc1nc(-c2ccc(C=O)c(N=C(SCC(=O)O)N(C)c3ccc(F)cc3)c2)no1. The Bertz CT molecular complexity index is 1100. The van der Waals surface area contributed by atoms with Gasteiger partial charge in [0, 0.05) is 30.8 Å². The molecular weight excluding hydrogens is 411 g/mol. The van der Waals surface area contributed by atoms with Crippen LogP contribution >= 0.6 is 11.8 Å². The number of rotatable bonds is 6. The molecule has 0 aliphatic rings. The molecular formula is C20H17FN4O4S. The maximum atomic E-state index is 13.3. The average Bonchev–Trinajstić information content (AvgIpc) is 3.17. The van der Waals surface area contributed by atoms with Crippen molar-refractivity contribution in [3.63, 3.8) is 0 Å². The Balaban J connectivity index is 2.05. The normalized spacial score (nSPS) is 11.4. The van der Waals surface area contributed by atoms with Gasteiger partial charge in [0.25, 0.3) is 0 Å². The van der Waals surface area contributed by atoms with Crippen molar-refractivity contribution in [2.45, 2.75) is 6.92 Å². The molecule has 1 N–H and O–H groups in total. The van der Waals surface area contributed by atoms with E-state index in [9.17, 15) is 14.0 Å². The molecule has 2 aromatic carbocycles. The van der Waals surface area contributed by atoms with Crippen LogP contribution in [0.25, 0.3) is 11.4 Å². The molecule has 0 saturated carbocycles. The van der Waals surface area contributed by atoms with Gasteiger partial charge in [-0.15, -0.1) is 0 Å². The number of halogens is 1. The summed E-state index contributed by atoms with van der Waals surface area (Å²) in [6, 6.07) is 10.5. The summed E-state index contributed by atoms with van der Waals surface area (Å²) in [4.78, 5) is 32.9.